The first kappa shape index (κ1) is 15.7. The second-order valence-electron chi connectivity index (χ2n) is 6.48. The number of rotatable bonds is 3. The van der Waals surface area contributed by atoms with E-state index in [-0.39, 0.29) is 17.3 Å². The molecule has 0 aliphatic rings. The predicted octanol–water partition coefficient (Wildman–Crippen LogP) is 3.98. The number of hydrogen-bond acceptors (Lipinski definition) is 2. The molecule has 21 heavy (non-hydrogen) atoms. The lowest BCUT2D eigenvalue weighted by atomic mass is 9.86. The van der Waals surface area contributed by atoms with Gasteiger partial charge < -0.3 is 0 Å². The summed E-state index contributed by atoms with van der Waals surface area (Å²) in [6.45, 7) is 8.31. The molecule has 0 radical (unpaired) electrons. The predicted molar refractivity (Wildman–Crippen MR) is 85.4 cm³/mol. The Morgan fingerprint density at radius 3 is 2.05 bits per heavy atom. The summed E-state index contributed by atoms with van der Waals surface area (Å²) in [6.07, 6.45) is 0. The van der Waals surface area contributed by atoms with Gasteiger partial charge in [0.2, 0.25) is 0 Å². The lowest BCUT2D eigenvalue weighted by Gasteiger charge is -2.22. The van der Waals surface area contributed by atoms with E-state index in [9.17, 15) is 4.39 Å². The highest BCUT2D eigenvalue weighted by Crippen LogP contribution is 2.27. The number of nitrogens with one attached hydrogen (secondary N) is 1. The zero-order valence-corrected chi connectivity index (χ0v) is 13.1. The fourth-order valence-electron chi connectivity index (χ4n) is 2.41. The van der Waals surface area contributed by atoms with Crippen LogP contribution in [-0.2, 0) is 5.41 Å². The highest BCUT2D eigenvalue weighted by Gasteiger charge is 2.16. The fourth-order valence-corrected chi connectivity index (χ4v) is 2.41. The molecule has 0 aromatic heterocycles. The normalized spacial score (nSPS) is 13.2. The highest BCUT2D eigenvalue weighted by atomic mass is 19.1. The van der Waals surface area contributed by atoms with Gasteiger partial charge in [-0.25, -0.2) is 9.82 Å². The van der Waals surface area contributed by atoms with Crippen molar-refractivity contribution in [1.29, 1.82) is 0 Å². The van der Waals surface area contributed by atoms with Gasteiger partial charge in [-0.3, -0.25) is 5.84 Å². The Kier molecular flexibility index (Phi) is 4.45. The molecule has 0 heterocycles. The summed E-state index contributed by atoms with van der Waals surface area (Å²) in [7, 11) is 0. The van der Waals surface area contributed by atoms with E-state index < -0.39 is 0 Å². The maximum atomic E-state index is 13.4. The van der Waals surface area contributed by atoms with Gasteiger partial charge in [0.1, 0.15) is 5.82 Å². The molecule has 0 fully saturated rings. The van der Waals surface area contributed by atoms with E-state index in [1.165, 1.54) is 11.6 Å². The number of aryl methyl sites for hydroxylation is 1. The van der Waals surface area contributed by atoms with Crippen molar-refractivity contribution in [3.8, 4) is 0 Å². The van der Waals surface area contributed by atoms with Crippen LogP contribution < -0.4 is 11.3 Å². The minimum absolute atomic E-state index is 0.122. The van der Waals surface area contributed by atoms with E-state index >= 15 is 0 Å². The van der Waals surface area contributed by atoms with Crippen LogP contribution in [0, 0.1) is 12.7 Å². The Morgan fingerprint density at radius 1 is 1.00 bits per heavy atom. The smallest absolute Gasteiger partial charge is 0.126 e. The summed E-state index contributed by atoms with van der Waals surface area (Å²) in [6, 6.07) is 13.3. The van der Waals surface area contributed by atoms with Crippen molar-refractivity contribution in [3.05, 3.63) is 70.5 Å². The maximum absolute atomic E-state index is 13.4. The molecule has 2 aromatic rings. The molecule has 0 spiro atoms. The van der Waals surface area contributed by atoms with Gasteiger partial charge in [0.15, 0.2) is 0 Å². The third-order valence-electron chi connectivity index (χ3n) is 3.79. The maximum Gasteiger partial charge on any atom is 0.126 e. The van der Waals surface area contributed by atoms with E-state index in [0.717, 1.165) is 11.1 Å². The molecule has 1 atom stereocenters. The summed E-state index contributed by atoms with van der Waals surface area (Å²) >= 11 is 0. The molecule has 0 saturated carbocycles. The zero-order chi connectivity index (χ0) is 15.6. The monoisotopic (exact) mass is 286 g/mol. The highest BCUT2D eigenvalue weighted by molar-refractivity contribution is 5.36. The number of hydrogen-bond donors (Lipinski definition) is 2. The van der Waals surface area contributed by atoms with Gasteiger partial charge in [-0.15, -0.1) is 0 Å². The number of halogens is 1. The standard InChI is InChI=1S/C18H23FN2/c1-12-11-14(7-10-16(12)19)17(21-20)13-5-8-15(9-6-13)18(2,3)4/h5-11,17,21H,20H2,1-4H3. The van der Waals surface area contributed by atoms with Crippen LogP contribution in [0.3, 0.4) is 0 Å². The average molecular weight is 286 g/mol. The van der Waals surface area contributed by atoms with Gasteiger partial charge in [-0.1, -0.05) is 57.2 Å². The van der Waals surface area contributed by atoms with Crippen molar-refractivity contribution in [1.82, 2.24) is 5.43 Å². The van der Waals surface area contributed by atoms with Gasteiger partial charge in [-0.05, 0) is 40.7 Å². The van der Waals surface area contributed by atoms with Gasteiger partial charge in [0.25, 0.3) is 0 Å². The van der Waals surface area contributed by atoms with E-state index in [2.05, 4.69) is 50.5 Å². The first-order chi connectivity index (χ1) is 9.82. The molecule has 112 valence electrons. The quantitative estimate of drug-likeness (QED) is 0.661. The van der Waals surface area contributed by atoms with Gasteiger partial charge >= 0.3 is 0 Å². The minimum atomic E-state index is -0.197. The van der Waals surface area contributed by atoms with E-state index in [1.807, 2.05) is 6.07 Å². The number of benzene rings is 2. The van der Waals surface area contributed by atoms with Crippen molar-refractivity contribution in [2.45, 2.75) is 39.2 Å². The topological polar surface area (TPSA) is 38.0 Å². The Bertz CT molecular complexity index is 612. The van der Waals surface area contributed by atoms with Gasteiger partial charge in [-0.2, -0.15) is 0 Å². The van der Waals surface area contributed by atoms with Crippen molar-refractivity contribution >= 4 is 0 Å². The molecule has 0 aliphatic heterocycles. The number of nitrogens with two attached hydrogens (primary N) is 1. The summed E-state index contributed by atoms with van der Waals surface area (Å²) in [5.74, 6) is 5.51. The van der Waals surface area contributed by atoms with Crippen molar-refractivity contribution in [2.24, 2.45) is 5.84 Å². The molecule has 0 aliphatic carbocycles. The van der Waals surface area contributed by atoms with Crippen LogP contribution in [0.4, 0.5) is 4.39 Å². The largest absolute Gasteiger partial charge is 0.271 e. The molecule has 3 N–H and O–H groups in total. The second-order valence-corrected chi connectivity index (χ2v) is 6.48. The van der Waals surface area contributed by atoms with Crippen molar-refractivity contribution < 1.29 is 4.39 Å². The average Bonchev–Trinajstić information content (AvgIpc) is 2.43. The van der Waals surface area contributed by atoms with Gasteiger partial charge in [0, 0.05) is 0 Å². The summed E-state index contributed by atoms with van der Waals surface area (Å²) < 4.78 is 13.4. The Morgan fingerprint density at radius 2 is 1.57 bits per heavy atom. The molecular weight excluding hydrogens is 263 g/mol. The Labute approximate surface area is 126 Å². The molecule has 2 rings (SSSR count). The van der Waals surface area contributed by atoms with Gasteiger partial charge in [0.05, 0.1) is 6.04 Å². The Hall–Kier alpha value is -1.71. The lowest BCUT2D eigenvalue weighted by molar-refractivity contribution is 0.587. The third-order valence-corrected chi connectivity index (χ3v) is 3.79. The first-order valence-corrected chi connectivity index (χ1v) is 7.15. The van der Waals surface area contributed by atoms with Crippen LogP contribution in [0.25, 0.3) is 0 Å². The minimum Gasteiger partial charge on any atom is -0.271 e. The summed E-state index contributed by atoms with van der Waals surface area (Å²) in [4.78, 5) is 0. The molecule has 0 bridgehead atoms. The Balaban J connectivity index is 2.35. The second kappa shape index (κ2) is 5.96. The van der Waals surface area contributed by atoms with Crippen molar-refractivity contribution in [3.63, 3.8) is 0 Å². The lowest BCUT2D eigenvalue weighted by Crippen LogP contribution is -2.29. The van der Waals surface area contributed by atoms with E-state index in [1.54, 1.807) is 13.0 Å². The zero-order valence-electron chi connectivity index (χ0n) is 13.1. The summed E-state index contributed by atoms with van der Waals surface area (Å²) in [5.41, 5.74) is 6.86. The number of hydrazine groups is 1. The summed E-state index contributed by atoms with van der Waals surface area (Å²) in [5, 5.41) is 0. The van der Waals surface area contributed by atoms with Crippen LogP contribution in [0.1, 0.15) is 49.1 Å². The third kappa shape index (κ3) is 3.49. The van der Waals surface area contributed by atoms with Crippen LogP contribution in [0.2, 0.25) is 0 Å². The van der Waals surface area contributed by atoms with Crippen LogP contribution in [0.15, 0.2) is 42.5 Å². The van der Waals surface area contributed by atoms with Crippen LogP contribution >= 0.6 is 0 Å². The van der Waals surface area contributed by atoms with Crippen LogP contribution in [0.5, 0.6) is 0 Å². The molecule has 2 aromatic carbocycles. The first-order valence-electron chi connectivity index (χ1n) is 7.15. The molecule has 3 heteroatoms. The van der Waals surface area contributed by atoms with Crippen molar-refractivity contribution in [2.75, 3.05) is 0 Å². The van der Waals surface area contributed by atoms with E-state index in [4.69, 9.17) is 5.84 Å². The molecular formula is C18H23FN2. The molecule has 2 nitrogen and oxygen atoms in total. The fraction of sp³-hybridized carbons (Fsp3) is 0.333. The SMILES string of the molecule is Cc1cc(C(NN)c2ccc(C(C)(C)C)cc2)ccc1F. The molecule has 0 amide bonds. The van der Waals surface area contributed by atoms with Crippen LogP contribution in [-0.4, -0.2) is 0 Å². The molecule has 1 unspecified atom stereocenters. The molecule has 0 saturated heterocycles. The van der Waals surface area contributed by atoms with E-state index in [0.29, 0.717) is 5.56 Å².